The Kier molecular flexibility index (Phi) is 3.92. The average Bonchev–Trinajstić information content (AvgIpc) is 2.61. The van der Waals surface area contributed by atoms with E-state index in [9.17, 15) is 13.2 Å². The van der Waals surface area contributed by atoms with Crippen LogP contribution in [0.4, 0.5) is 4.79 Å². The Bertz CT molecular complexity index is 326. The van der Waals surface area contributed by atoms with Gasteiger partial charge in [-0.05, 0) is 6.42 Å². The van der Waals surface area contributed by atoms with Gasteiger partial charge < -0.3 is 9.64 Å². The molecule has 0 aromatic carbocycles. The number of nitrogens with zero attached hydrogens (tertiary/aromatic N) is 1. The van der Waals surface area contributed by atoms with Gasteiger partial charge in [0.2, 0.25) is 0 Å². The molecular formula is C8H15NO5S. The maximum atomic E-state index is 11.1. The minimum absolute atomic E-state index is 0.0684. The second-order valence-electron chi connectivity index (χ2n) is 3.56. The average molecular weight is 237 g/mol. The zero-order valence-electron chi connectivity index (χ0n) is 8.80. The Morgan fingerprint density at radius 3 is 2.73 bits per heavy atom. The summed E-state index contributed by atoms with van der Waals surface area (Å²) >= 11 is 0. The van der Waals surface area contributed by atoms with Crippen molar-refractivity contribution in [1.82, 2.24) is 4.90 Å². The van der Waals surface area contributed by atoms with E-state index < -0.39 is 10.1 Å². The highest BCUT2D eigenvalue weighted by molar-refractivity contribution is 7.85. The van der Waals surface area contributed by atoms with E-state index >= 15 is 0 Å². The summed E-state index contributed by atoms with van der Waals surface area (Å²) in [4.78, 5) is 12.6. The zero-order chi connectivity index (χ0) is 11.5. The highest BCUT2D eigenvalue weighted by Crippen LogP contribution is 2.17. The van der Waals surface area contributed by atoms with Gasteiger partial charge in [-0.25, -0.2) is 4.79 Å². The number of likely N-dealkylation sites (tertiary alicyclic amines) is 1. The molecule has 1 aliphatic rings. The molecule has 88 valence electrons. The van der Waals surface area contributed by atoms with Crippen LogP contribution in [0, 0.1) is 5.92 Å². The number of ether oxygens (including phenoxy) is 1. The summed E-state index contributed by atoms with van der Waals surface area (Å²) in [6.45, 7) is 1.21. The van der Waals surface area contributed by atoms with E-state index in [0.717, 1.165) is 12.7 Å². The number of carbonyl (C=O) groups excluding carboxylic acids is 1. The molecule has 0 aliphatic carbocycles. The first-order chi connectivity index (χ1) is 6.92. The van der Waals surface area contributed by atoms with Crippen LogP contribution in [0.5, 0.6) is 0 Å². The van der Waals surface area contributed by atoms with Crippen molar-refractivity contribution < 1.29 is 22.1 Å². The lowest BCUT2D eigenvalue weighted by atomic mass is 10.1. The maximum Gasteiger partial charge on any atom is 0.409 e. The minimum atomic E-state index is -3.39. The van der Waals surface area contributed by atoms with Crippen molar-refractivity contribution in [1.29, 1.82) is 0 Å². The third kappa shape index (κ3) is 4.05. The Hall–Kier alpha value is -0.820. The van der Waals surface area contributed by atoms with Crippen molar-refractivity contribution in [2.24, 2.45) is 5.92 Å². The van der Waals surface area contributed by atoms with Crippen LogP contribution in [-0.2, 0) is 19.0 Å². The molecule has 1 rings (SSSR count). The Labute approximate surface area is 89.3 Å². The molecular weight excluding hydrogens is 222 g/mol. The third-order valence-electron chi connectivity index (χ3n) is 2.24. The topological polar surface area (TPSA) is 72.9 Å². The monoisotopic (exact) mass is 237 g/mol. The van der Waals surface area contributed by atoms with Crippen LogP contribution in [0.3, 0.4) is 0 Å². The molecule has 1 saturated heterocycles. The molecule has 1 heterocycles. The molecule has 1 fully saturated rings. The van der Waals surface area contributed by atoms with Crippen molar-refractivity contribution in [3.8, 4) is 0 Å². The van der Waals surface area contributed by atoms with Crippen molar-refractivity contribution in [3.63, 3.8) is 0 Å². The lowest BCUT2D eigenvalue weighted by molar-refractivity contribution is 0.130. The Morgan fingerprint density at radius 2 is 2.20 bits per heavy atom. The van der Waals surface area contributed by atoms with Gasteiger partial charge >= 0.3 is 6.09 Å². The quantitative estimate of drug-likeness (QED) is 0.648. The van der Waals surface area contributed by atoms with Gasteiger partial charge in [-0.2, -0.15) is 8.42 Å². The number of carbonyl (C=O) groups is 1. The predicted molar refractivity (Wildman–Crippen MR) is 52.9 cm³/mol. The van der Waals surface area contributed by atoms with Crippen molar-refractivity contribution in [2.75, 3.05) is 33.1 Å². The van der Waals surface area contributed by atoms with Gasteiger partial charge in [0.15, 0.2) is 0 Å². The molecule has 0 N–H and O–H groups in total. The predicted octanol–water partition coefficient (Wildman–Crippen LogP) is 0.0509. The fourth-order valence-corrected chi connectivity index (χ4v) is 1.92. The smallest absolute Gasteiger partial charge is 0.409 e. The van der Waals surface area contributed by atoms with E-state index in [1.165, 1.54) is 12.0 Å². The summed E-state index contributed by atoms with van der Waals surface area (Å²) in [5, 5.41) is 0. The van der Waals surface area contributed by atoms with E-state index in [0.29, 0.717) is 13.1 Å². The van der Waals surface area contributed by atoms with Crippen molar-refractivity contribution >= 4 is 16.2 Å². The van der Waals surface area contributed by atoms with Crippen LogP contribution in [0.1, 0.15) is 6.42 Å². The van der Waals surface area contributed by atoms with Crippen LogP contribution < -0.4 is 0 Å². The molecule has 7 heteroatoms. The maximum absolute atomic E-state index is 11.1. The summed E-state index contributed by atoms with van der Waals surface area (Å²) in [5.41, 5.74) is 0. The molecule has 0 aromatic rings. The standard InChI is InChI=1S/C8H15NO5S/c1-13-8(10)9-4-3-7(5-9)6-14-15(2,11)12/h7H,3-6H2,1-2H3. The molecule has 0 aromatic heterocycles. The lowest BCUT2D eigenvalue weighted by Crippen LogP contribution is -2.29. The number of methoxy groups -OCH3 is 1. The molecule has 0 saturated carbocycles. The van der Waals surface area contributed by atoms with Gasteiger partial charge in [-0.3, -0.25) is 4.18 Å². The zero-order valence-corrected chi connectivity index (χ0v) is 9.62. The summed E-state index contributed by atoms with van der Waals surface area (Å²) in [6, 6.07) is 0. The normalized spacial score (nSPS) is 21.7. The second kappa shape index (κ2) is 4.80. The van der Waals surface area contributed by atoms with Crippen LogP contribution >= 0.6 is 0 Å². The molecule has 1 unspecified atom stereocenters. The van der Waals surface area contributed by atoms with E-state index in [2.05, 4.69) is 8.92 Å². The van der Waals surface area contributed by atoms with Crippen LogP contribution in [0.2, 0.25) is 0 Å². The van der Waals surface area contributed by atoms with Gasteiger partial charge in [0.25, 0.3) is 10.1 Å². The molecule has 0 spiro atoms. The van der Waals surface area contributed by atoms with Gasteiger partial charge in [-0.1, -0.05) is 0 Å². The van der Waals surface area contributed by atoms with E-state index in [1.54, 1.807) is 0 Å². The fourth-order valence-electron chi connectivity index (χ4n) is 1.48. The van der Waals surface area contributed by atoms with Crippen molar-refractivity contribution in [2.45, 2.75) is 6.42 Å². The first-order valence-electron chi connectivity index (χ1n) is 4.59. The van der Waals surface area contributed by atoms with Gasteiger partial charge in [0.1, 0.15) is 0 Å². The molecule has 0 radical (unpaired) electrons. The summed E-state index contributed by atoms with van der Waals surface area (Å²) in [6.07, 6.45) is 1.38. The number of hydrogen-bond donors (Lipinski definition) is 0. The van der Waals surface area contributed by atoms with Gasteiger partial charge in [0, 0.05) is 19.0 Å². The molecule has 1 atom stereocenters. The molecule has 15 heavy (non-hydrogen) atoms. The molecule has 1 amide bonds. The number of hydrogen-bond acceptors (Lipinski definition) is 5. The minimum Gasteiger partial charge on any atom is -0.453 e. The summed E-state index contributed by atoms with van der Waals surface area (Å²) in [7, 11) is -2.07. The van der Waals surface area contributed by atoms with Crippen LogP contribution in [0.25, 0.3) is 0 Å². The summed E-state index contributed by atoms with van der Waals surface area (Å²) in [5.74, 6) is 0.0684. The first-order valence-corrected chi connectivity index (χ1v) is 6.41. The lowest BCUT2D eigenvalue weighted by Gasteiger charge is -2.14. The van der Waals surface area contributed by atoms with E-state index in [4.69, 9.17) is 0 Å². The number of rotatable bonds is 3. The Morgan fingerprint density at radius 1 is 1.53 bits per heavy atom. The van der Waals surface area contributed by atoms with E-state index in [-0.39, 0.29) is 18.6 Å². The van der Waals surface area contributed by atoms with E-state index in [1.807, 2.05) is 0 Å². The second-order valence-corrected chi connectivity index (χ2v) is 5.20. The van der Waals surface area contributed by atoms with Crippen LogP contribution in [0.15, 0.2) is 0 Å². The van der Waals surface area contributed by atoms with Crippen molar-refractivity contribution in [3.05, 3.63) is 0 Å². The largest absolute Gasteiger partial charge is 0.453 e. The molecule has 6 nitrogen and oxygen atoms in total. The number of amides is 1. The first kappa shape index (κ1) is 12.3. The summed E-state index contributed by atoms with van der Waals surface area (Å²) < 4.78 is 30.7. The third-order valence-corrected chi connectivity index (χ3v) is 2.80. The van der Waals surface area contributed by atoms with Gasteiger partial charge in [-0.15, -0.1) is 0 Å². The molecule has 0 bridgehead atoms. The SMILES string of the molecule is COC(=O)N1CCC(COS(C)(=O)=O)C1. The van der Waals surface area contributed by atoms with Gasteiger partial charge in [0.05, 0.1) is 20.0 Å². The highest BCUT2D eigenvalue weighted by atomic mass is 32.2. The highest BCUT2D eigenvalue weighted by Gasteiger charge is 2.27. The fraction of sp³-hybridized carbons (Fsp3) is 0.875. The molecule has 1 aliphatic heterocycles. The van der Waals surface area contributed by atoms with Crippen LogP contribution in [-0.4, -0.2) is 52.5 Å². The Balaban J connectivity index is 2.34.